The highest BCUT2D eigenvalue weighted by atomic mass is 16.3. The van der Waals surface area contributed by atoms with Gasteiger partial charge in [0.2, 0.25) is 0 Å². The summed E-state index contributed by atoms with van der Waals surface area (Å²) in [5.41, 5.74) is -1.45. The molecule has 24 heavy (non-hydrogen) atoms. The predicted molar refractivity (Wildman–Crippen MR) is 81.5 cm³/mol. The van der Waals surface area contributed by atoms with Crippen LogP contribution in [0.15, 0.2) is 51.3 Å². The number of aromatic amines is 1. The van der Waals surface area contributed by atoms with E-state index < -0.39 is 17.2 Å². The summed E-state index contributed by atoms with van der Waals surface area (Å²) >= 11 is 0. The fraction of sp³-hybridized carbons (Fsp3) is 0.214. The summed E-state index contributed by atoms with van der Waals surface area (Å²) in [6.45, 7) is 0.621. The lowest BCUT2D eigenvalue weighted by Crippen LogP contribution is -2.41. The summed E-state index contributed by atoms with van der Waals surface area (Å²) in [7, 11) is 0. The van der Waals surface area contributed by atoms with Crippen molar-refractivity contribution in [3.8, 4) is 0 Å². The molecule has 0 atom stereocenters. The Hall–Kier alpha value is -3.43. The molecule has 0 radical (unpaired) electrons. The van der Waals surface area contributed by atoms with Gasteiger partial charge in [-0.25, -0.2) is 9.78 Å². The Bertz CT molecular complexity index is 923. The molecular formula is C14H14N6O4. The van der Waals surface area contributed by atoms with E-state index in [4.69, 9.17) is 4.42 Å². The van der Waals surface area contributed by atoms with Crippen LogP contribution >= 0.6 is 0 Å². The van der Waals surface area contributed by atoms with Crippen LogP contribution in [0, 0.1) is 0 Å². The maximum atomic E-state index is 12.4. The van der Waals surface area contributed by atoms with Gasteiger partial charge in [0.15, 0.2) is 0 Å². The zero-order chi connectivity index (χ0) is 16.9. The first-order chi connectivity index (χ1) is 11.6. The minimum Gasteiger partial charge on any atom is -0.467 e. The van der Waals surface area contributed by atoms with Crippen LogP contribution in [-0.2, 0) is 13.1 Å². The van der Waals surface area contributed by atoms with Crippen molar-refractivity contribution in [1.82, 2.24) is 29.6 Å². The number of nitrogens with zero attached hydrogens (tertiary/aromatic N) is 4. The summed E-state index contributed by atoms with van der Waals surface area (Å²) in [5.74, 6) is -0.143. The van der Waals surface area contributed by atoms with E-state index in [1.54, 1.807) is 16.8 Å². The number of rotatable bonds is 6. The molecule has 0 fully saturated rings. The van der Waals surface area contributed by atoms with Gasteiger partial charge in [0.05, 0.1) is 19.4 Å². The minimum absolute atomic E-state index is 0.0543. The quantitative estimate of drug-likeness (QED) is 0.609. The monoisotopic (exact) mass is 330 g/mol. The third-order valence-corrected chi connectivity index (χ3v) is 3.29. The van der Waals surface area contributed by atoms with Crippen molar-refractivity contribution < 1.29 is 9.21 Å². The Morgan fingerprint density at radius 2 is 2.25 bits per heavy atom. The topological polar surface area (TPSA) is 128 Å². The zero-order valence-electron chi connectivity index (χ0n) is 12.5. The number of carbonyl (C=O) groups is 1. The van der Waals surface area contributed by atoms with E-state index in [2.05, 4.69) is 20.4 Å². The fourth-order valence-corrected chi connectivity index (χ4v) is 2.10. The number of amides is 1. The minimum atomic E-state index is -0.687. The standard InChI is InChI=1S/C14H14N6O4/c21-12(16-3-4-19-9-15-8-18-19)11-6-17-14(23)20(13(11)22)7-10-2-1-5-24-10/h1-2,5-6,8-9H,3-4,7H2,(H,16,21)(H,17,23). The van der Waals surface area contributed by atoms with E-state index in [9.17, 15) is 14.4 Å². The number of H-pyrrole nitrogens is 1. The number of nitrogens with one attached hydrogen (secondary N) is 2. The first-order valence-electron chi connectivity index (χ1n) is 7.10. The summed E-state index contributed by atoms with van der Waals surface area (Å²) in [6, 6.07) is 3.28. The third-order valence-electron chi connectivity index (χ3n) is 3.29. The van der Waals surface area contributed by atoms with Crippen molar-refractivity contribution in [3.05, 3.63) is 69.4 Å². The zero-order valence-corrected chi connectivity index (χ0v) is 12.5. The Morgan fingerprint density at radius 1 is 1.38 bits per heavy atom. The highest BCUT2D eigenvalue weighted by molar-refractivity contribution is 5.93. The van der Waals surface area contributed by atoms with Crippen LogP contribution in [0.5, 0.6) is 0 Å². The highest BCUT2D eigenvalue weighted by Gasteiger charge is 2.15. The van der Waals surface area contributed by atoms with Crippen LogP contribution in [0.25, 0.3) is 0 Å². The molecule has 0 unspecified atom stereocenters. The molecule has 3 aromatic rings. The average molecular weight is 330 g/mol. The first kappa shape index (κ1) is 15.5. The van der Waals surface area contributed by atoms with E-state index in [0.717, 1.165) is 10.8 Å². The molecule has 0 saturated carbocycles. The van der Waals surface area contributed by atoms with Gasteiger partial charge >= 0.3 is 5.69 Å². The molecule has 3 aromatic heterocycles. The largest absolute Gasteiger partial charge is 0.467 e. The molecule has 0 aliphatic carbocycles. The smallest absolute Gasteiger partial charge is 0.328 e. The van der Waals surface area contributed by atoms with Crippen LogP contribution < -0.4 is 16.6 Å². The molecule has 0 saturated heterocycles. The van der Waals surface area contributed by atoms with Gasteiger partial charge in [0.25, 0.3) is 11.5 Å². The third kappa shape index (κ3) is 3.32. The van der Waals surface area contributed by atoms with Gasteiger partial charge in [-0.2, -0.15) is 5.10 Å². The Balaban J connectivity index is 1.74. The SMILES string of the molecule is O=C(NCCn1cncn1)c1c[nH]c(=O)n(Cc2ccco2)c1=O. The molecule has 0 aliphatic heterocycles. The molecule has 0 aliphatic rings. The van der Waals surface area contributed by atoms with Crippen LogP contribution in [0.4, 0.5) is 0 Å². The van der Waals surface area contributed by atoms with Gasteiger partial charge in [-0.1, -0.05) is 0 Å². The van der Waals surface area contributed by atoms with E-state index in [1.165, 1.54) is 18.9 Å². The number of aromatic nitrogens is 5. The Kier molecular flexibility index (Phi) is 4.36. The summed E-state index contributed by atoms with van der Waals surface area (Å²) in [5, 5.41) is 6.50. The van der Waals surface area contributed by atoms with Gasteiger partial charge in [-0.05, 0) is 12.1 Å². The molecular weight excluding hydrogens is 316 g/mol. The maximum absolute atomic E-state index is 12.4. The molecule has 3 rings (SSSR count). The lowest BCUT2D eigenvalue weighted by molar-refractivity contribution is 0.0949. The molecule has 124 valence electrons. The molecule has 10 nitrogen and oxygen atoms in total. The van der Waals surface area contributed by atoms with Crippen LogP contribution in [0.2, 0.25) is 0 Å². The van der Waals surface area contributed by atoms with Gasteiger partial charge in [0.1, 0.15) is 24.0 Å². The van der Waals surface area contributed by atoms with Gasteiger partial charge in [0, 0.05) is 12.7 Å². The Morgan fingerprint density at radius 3 is 2.96 bits per heavy atom. The second-order valence-corrected chi connectivity index (χ2v) is 4.89. The molecule has 1 amide bonds. The van der Waals surface area contributed by atoms with Crippen molar-refractivity contribution in [2.75, 3.05) is 6.54 Å². The molecule has 2 N–H and O–H groups in total. The summed E-state index contributed by atoms with van der Waals surface area (Å²) in [6.07, 6.45) is 5.45. The lowest BCUT2D eigenvalue weighted by atomic mass is 10.3. The average Bonchev–Trinajstić information content (AvgIpc) is 3.25. The summed E-state index contributed by atoms with van der Waals surface area (Å²) < 4.78 is 7.58. The van der Waals surface area contributed by atoms with E-state index in [-0.39, 0.29) is 18.7 Å². The number of furan rings is 1. The fourth-order valence-electron chi connectivity index (χ4n) is 2.10. The van der Waals surface area contributed by atoms with Gasteiger partial charge in [-0.15, -0.1) is 0 Å². The van der Waals surface area contributed by atoms with E-state index in [0.29, 0.717) is 12.3 Å². The van der Waals surface area contributed by atoms with E-state index >= 15 is 0 Å². The van der Waals surface area contributed by atoms with Gasteiger partial charge < -0.3 is 14.7 Å². The van der Waals surface area contributed by atoms with Crippen LogP contribution in [0.1, 0.15) is 16.1 Å². The highest BCUT2D eigenvalue weighted by Crippen LogP contribution is 2.00. The molecule has 3 heterocycles. The van der Waals surface area contributed by atoms with Crippen LogP contribution in [-0.4, -0.2) is 36.8 Å². The van der Waals surface area contributed by atoms with Crippen molar-refractivity contribution in [1.29, 1.82) is 0 Å². The molecule has 0 aromatic carbocycles. The predicted octanol–water partition coefficient (Wildman–Crippen LogP) is -0.801. The van der Waals surface area contributed by atoms with Crippen LogP contribution in [0.3, 0.4) is 0 Å². The Labute approximate surface area is 134 Å². The maximum Gasteiger partial charge on any atom is 0.328 e. The first-order valence-corrected chi connectivity index (χ1v) is 7.10. The summed E-state index contributed by atoms with van der Waals surface area (Å²) in [4.78, 5) is 42.5. The molecule has 10 heteroatoms. The lowest BCUT2D eigenvalue weighted by Gasteiger charge is -2.07. The second-order valence-electron chi connectivity index (χ2n) is 4.89. The van der Waals surface area contributed by atoms with Gasteiger partial charge in [-0.3, -0.25) is 18.8 Å². The van der Waals surface area contributed by atoms with Crippen molar-refractivity contribution >= 4 is 5.91 Å². The van der Waals surface area contributed by atoms with Crippen molar-refractivity contribution in [3.63, 3.8) is 0 Å². The normalized spacial score (nSPS) is 10.7. The van der Waals surface area contributed by atoms with Crippen molar-refractivity contribution in [2.24, 2.45) is 0 Å². The number of carbonyl (C=O) groups excluding carboxylic acids is 1. The second kappa shape index (κ2) is 6.77. The molecule has 0 spiro atoms. The van der Waals surface area contributed by atoms with E-state index in [1.807, 2.05) is 0 Å². The number of hydrogen-bond acceptors (Lipinski definition) is 6. The molecule has 0 bridgehead atoms. The van der Waals surface area contributed by atoms with Crippen molar-refractivity contribution in [2.45, 2.75) is 13.1 Å². The number of hydrogen-bond donors (Lipinski definition) is 2.